The monoisotopic (exact) mass is 375 g/mol. The molecular formula is C22H25N5O. The van der Waals surface area contributed by atoms with Gasteiger partial charge in [-0.15, -0.1) is 0 Å². The molecule has 1 fully saturated rings. The first kappa shape index (κ1) is 18.2. The van der Waals surface area contributed by atoms with Gasteiger partial charge in [-0.05, 0) is 31.5 Å². The fraction of sp³-hybridized carbons (Fsp3) is 0.318. The van der Waals surface area contributed by atoms with Crippen molar-refractivity contribution in [3.63, 3.8) is 0 Å². The molecule has 0 spiro atoms. The van der Waals surface area contributed by atoms with Crippen molar-refractivity contribution in [1.82, 2.24) is 14.9 Å². The largest absolute Gasteiger partial charge is 0.385 e. The van der Waals surface area contributed by atoms with Gasteiger partial charge in [0.2, 0.25) is 5.95 Å². The van der Waals surface area contributed by atoms with Gasteiger partial charge in [0.25, 0.3) is 5.91 Å². The summed E-state index contributed by atoms with van der Waals surface area (Å²) >= 11 is 0. The summed E-state index contributed by atoms with van der Waals surface area (Å²) in [6.07, 6.45) is 2.77. The quantitative estimate of drug-likeness (QED) is 0.757. The predicted octanol–water partition coefficient (Wildman–Crippen LogP) is 3.41. The smallest absolute Gasteiger partial charge is 0.256 e. The van der Waals surface area contributed by atoms with Crippen LogP contribution >= 0.6 is 0 Å². The summed E-state index contributed by atoms with van der Waals surface area (Å²) < 4.78 is 0. The summed E-state index contributed by atoms with van der Waals surface area (Å²) in [7, 11) is 0. The second-order valence-electron chi connectivity index (χ2n) is 6.94. The van der Waals surface area contributed by atoms with Crippen LogP contribution < -0.4 is 10.2 Å². The van der Waals surface area contributed by atoms with E-state index in [0.717, 1.165) is 60.7 Å². The molecule has 1 aromatic heterocycles. The number of amides is 1. The van der Waals surface area contributed by atoms with Crippen LogP contribution in [0.1, 0.15) is 23.7 Å². The van der Waals surface area contributed by atoms with Crippen molar-refractivity contribution in [3.8, 4) is 0 Å². The first-order valence-electron chi connectivity index (χ1n) is 9.85. The number of rotatable bonds is 4. The lowest BCUT2D eigenvalue weighted by Gasteiger charge is -2.23. The topological polar surface area (TPSA) is 61.4 Å². The Morgan fingerprint density at radius 1 is 1.04 bits per heavy atom. The molecule has 144 valence electrons. The minimum Gasteiger partial charge on any atom is -0.385 e. The number of carbonyl (C=O) groups is 1. The molecule has 0 aliphatic carbocycles. The zero-order chi connectivity index (χ0) is 19.3. The Morgan fingerprint density at radius 2 is 1.86 bits per heavy atom. The average molecular weight is 375 g/mol. The number of hydrogen-bond donors (Lipinski definition) is 1. The van der Waals surface area contributed by atoms with E-state index in [9.17, 15) is 4.79 Å². The molecule has 0 atom stereocenters. The molecule has 0 radical (unpaired) electrons. The van der Waals surface area contributed by atoms with Gasteiger partial charge in [0.15, 0.2) is 0 Å². The summed E-state index contributed by atoms with van der Waals surface area (Å²) in [5.74, 6) is 0.818. The van der Waals surface area contributed by atoms with Crippen molar-refractivity contribution in [2.24, 2.45) is 0 Å². The standard InChI is InChI=1S/C22H25N5O/c1-2-23-20-11-6-4-9-18(20)21(28)26-12-7-13-27(15-14-26)22-24-16-17-8-3-5-10-19(17)25-22/h3-6,8-11,16,23H,2,7,12-15H2,1H3. The van der Waals surface area contributed by atoms with E-state index >= 15 is 0 Å². The minimum absolute atomic E-state index is 0.0813. The van der Waals surface area contributed by atoms with Crippen LogP contribution in [-0.4, -0.2) is 53.5 Å². The lowest BCUT2D eigenvalue weighted by molar-refractivity contribution is 0.0768. The Balaban J connectivity index is 1.49. The highest BCUT2D eigenvalue weighted by molar-refractivity contribution is 5.99. The Kier molecular flexibility index (Phi) is 5.37. The maximum Gasteiger partial charge on any atom is 0.256 e. The Labute approximate surface area is 165 Å². The van der Waals surface area contributed by atoms with Crippen molar-refractivity contribution < 1.29 is 4.79 Å². The summed E-state index contributed by atoms with van der Waals surface area (Å²) in [4.78, 5) is 26.5. The van der Waals surface area contributed by atoms with E-state index in [0.29, 0.717) is 6.54 Å². The maximum absolute atomic E-state index is 13.1. The number of nitrogens with one attached hydrogen (secondary N) is 1. The van der Waals surface area contributed by atoms with E-state index in [1.54, 1.807) is 0 Å². The van der Waals surface area contributed by atoms with Crippen molar-refractivity contribution in [2.45, 2.75) is 13.3 Å². The predicted molar refractivity (Wildman–Crippen MR) is 113 cm³/mol. The molecule has 0 saturated carbocycles. The van der Waals surface area contributed by atoms with Crippen molar-refractivity contribution in [3.05, 3.63) is 60.3 Å². The van der Waals surface area contributed by atoms with Gasteiger partial charge in [-0.2, -0.15) is 0 Å². The first-order valence-corrected chi connectivity index (χ1v) is 9.85. The van der Waals surface area contributed by atoms with E-state index in [-0.39, 0.29) is 5.91 Å². The van der Waals surface area contributed by atoms with Gasteiger partial charge in [0, 0.05) is 50.0 Å². The van der Waals surface area contributed by atoms with E-state index in [1.807, 2.05) is 66.6 Å². The molecule has 1 amide bonds. The van der Waals surface area contributed by atoms with Gasteiger partial charge in [-0.25, -0.2) is 9.97 Å². The van der Waals surface area contributed by atoms with E-state index in [4.69, 9.17) is 4.98 Å². The molecule has 1 aliphatic heterocycles. The highest BCUT2D eigenvalue weighted by Crippen LogP contribution is 2.20. The van der Waals surface area contributed by atoms with Gasteiger partial charge in [0.1, 0.15) is 0 Å². The van der Waals surface area contributed by atoms with Crippen LogP contribution in [-0.2, 0) is 0 Å². The van der Waals surface area contributed by atoms with Gasteiger partial charge in [0.05, 0.1) is 11.1 Å². The minimum atomic E-state index is 0.0813. The number of aromatic nitrogens is 2. The third kappa shape index (κ3) is 3.76. The zero-order valence-corrected chi connectivity index (χ0v) is 16.1. The maximum atomic E-state index is 13.1. The van der Waals surface area contributed by atoms with E-state index in [2.05, 4.69) is 15.2 Å². The molecule has 6 heteroatoms. The van der Waals surface area contributed by atoms with Gasteiger partial charge >= 0.3 is 0 Å². The molecule has 0 bridgehead atoms. The first-order chi connectivity index (χ1) is 13.8. The molecule has 6 nitrogen and oxygen atoms in total. The van der Waals surface area contributed by atoms with Crippen LogP contribution in [0.5, 0.6) is 0 Å². The molecule has 28 heavy (non-hydrogen) atoms. The third-order valence-corrected chi connectivity index (χ3v) is 5.07. The zero-order valence-electron chi connectivity index (χ0n) is 16.1. The third-order valence-electron chi connectivity index (χ3n) is 5.07. The van der Waals surface area contributed by atoms with Crippen molar-refractivity contribution in [1.29, 1.82) is 0 Å². The van der Waals surface area contributed by atoms with Crippen LogP contribution in [0.4, 0.5) is 11.6 Å². The molecule has 3 aromatic rings. The number of nitrogens with zero attached hydrogens (tertiary/aromatic N) is 4. The number of carbonyl (C=O) groups excluding carboxylic acids is 1. The molecule has 4 rings (SSSR count). The van der Waals surface area contributed by atoms with E-state index in [1.165, 1.54) is 0 Å². The van der Waals surface area contributed by atoms with Gasteiger partial charge in [-0.1, -0.05) is 30.3 Å². The average Bonchev–Trinajstić information content (AvgIpc) is 3.00. The van der Waals surface area contributed by atoms with Crippen LogP contribution in [0, 0.1) is 0 Å². The molecule has 1 aliphatic rings. The fourth-order valence-electron chi connectivity index (χ4n) is 3.62. The number of para-hydroxylation sites is 2. The van der Waals surface area contributed by atoms with Gasteiger partial charge in [-0.3, -0.25) is 4.79 Å². The highest BCUT2D eigenvalue weighted by Gasteiger charge is 2.23. The lowest BCUT2D eigenvalue weighted by Crippen LogP contribution is -2.36. The number of benzene rings is 2. The summed E-state index contributed by atoms with van der Waals surface area (Å²) in [5.41, 5.74) is 2.58. The number of anilines is 2. The van der Waals surface area contributed by atoms with E-state index < -0.39 is 0 Å². The van der Waals surface area contributed by atoms with Crippen LogP contribution in [0.3, 0.4) is 0 Å². The summed E-state index contributed by atoms with van der Waals surface area (Å²) in [6, 6.07) is 15.7. The van der Waals surface area contributed by atoms with Gasteiger partial charge < -0.3 is 15.1 Å². The van der Waals surface area contributed by atoms with Crippen molar-refractivity contribution in [2.75, 3.05) is 42.9 Å². The lowest BCUT2D eigenvalue weighted by atomic mass is 10.1. The summed E-state index contributed by atoms with van der Waals surface area (Å²) in [5, 5.41) is 4.33. The molecule has 0 unspecified atom stereocenters. The Bertz CT molecular complexity index is 974. The molecule has 2 heterocycles. The second-order valence-corrected chi connectivity index (χ2v) is 6.94. The van der Waals surface area contributed by atoms with Crippen LogP contribution in [0.15, 0.2) is 54.7 Å². The normalized spacial score (nSPS) is 14.8. The number of fused-ring (bicyclic) bond motifs is 1. The molecule has 1 N–H and O–H groups in total. The number of hydrogen-bond acceptors (Lipinski definition) is 5. The van der Waals surface area contributed by atoms with Crippen LogP contribution in [0.2, 0.25) is 0 Å². The Hall–Kier alpha value is -3.15. The summed E-state index contributed by atoms with van der Waals surface area (Å²) in [6.45, 7) is 5.80. The van der Waals surface area contributed by atoms with Crippen LogP contribution in [0.25, 0.3) is 10.9 Å². The fourth-order valence-corrected chi connectivity index (χ4v) is 3.62. The van der Waals surface area contributed by atoms with Crippen molar-refractivity contribution >= 4 is 28.4 Å². The second kappa shape index (κ2) is 8.25. The Morgan fingerprint density at radius 3 is 2.75 bits per heavy atom. The highest BCUT2D eigenvalue weighted by atomic mass is 16.2. The SMILES string of the molecule is CCNc1ccccc1C(=O)N1CCCN(c2ncc3ccccc3n2)CC1. The molecule has 1 saturated heterocycles. The molecule has 2 aromatic carbocycles. The molecular weight excluding hydrogens is 350 g/mol.